The van der Waals surface area contributed by atoms with Gasteiger partial charge >= 0.3 is 0 Å². The van der Waals surface area contributed by atoms with Crippen molar-refractivity contribution >= 4 is 40.6 Å². The van der Waals surface area contributed by atoms with Gasteiger partial charge in [0.15, 0.2) is 5.78 Å². The Morgan fingerprint density at radius 3 is 2.11 bits per heavy atom. The van der Waals surface area contributed by atoms with Crippen molar-refractivity contribution in [2.75, 3.05) is 22.1 Å². The van der Waals surface area contributed by atoms with Crippen LogP contribution in [0.15, 0.2) is 48.5 Å². The first-order valence-corrected chi connectivity index (χ1v) is 8.83. The molecule has 146 valence electrons. The van der Waals surface area contributed by atoms with Crippen LogP contribution in [0.3, 0.4) is 0 Å². The van der Waals surface area contributed by atoms with Gasteiger partial charge in [0, 0.05) is 49.4 Å². The van der Waals surface area contributed by atoms with Crippen LogP contribution in [0.2, 0.25) is 0 Å². The molecule has 0 bridgehead atoms. The maximum absolute atomic E-state index is 12.2. The second kappa shape index (κ2) is 9.45. The maximum Gasteiger partial charge on any atom is 0.226 e. The van der Waals surface area contributed by atoms with Gasteiger partial charge in [0.25, 0.3) is 0 Å². The first-order chi connectivity index (χ1) is 13.3. The summed E-state index contributed by atoms with van der Waals surface area (Å²) < 4.78 is 0. The quantitative estimate of drug-likeness (QED) is 0.720. The molecular formula is C21H23N3O4. The number of anilines is 3. The number of hydrogen-bond donors (Lipinski definition) is 2. The molecule has 3 amide bonds. The second-order valence-electron chi connectivity index (χ2n) is 6.33. The van der Waals surface area contributed by atoms with Crippen LogP contribution < -0.4 is 15.5 Å². The van der Waals surface area contributed by atoms with Gasteiger partial charge < -0.3 is 15.5 Å². The maximum atomic E-state index is 12.2. The van der Waals surface area contributed by atoms with Crippen LogP contribution in [-0.4, -0.2) is 30.0 Å². The zero-order valence-electron chi connectivity index (χ0n) is 16.1. The number of nitrogens with zero attached hydrogens (tertiary/aromatic N) is 1. The Morgan fingerprint density at radius 1 is 0.857 bits per heavy atom. The molecule has 7 heteroatoms. The fraction of sp³-hybridized carbons (Fsp3) is 0.238. The molecule has 2 rings (SSSR count). The summed E-state index contributed by atoms with van der Waals surface area (Å²) >= 11 is 0. The Morgan fingerprint density at radius 2 is 1.54 bits per heavy atom. The van der Waals surface area contributed by atoms with E-state index in [9.17, 15) is 19.2 Å². The van der Waals surface area contributed by atoms with Crippen LogP contribution >= 0.6 is 0 Å². The lowest BCUT2D eigenvalue weighted by Crippen LogP contribution is -2.32. The summed E-state index contributed by atoms with van der Waals surface area (Å²) in [5.74, 6) is -0.711. The number of carbonyl (C=O) groups is 4. The first-order valence-electron chi connectivity index (χ1n) is 8.83. The second-order valence-corrected chi connectivity index (χ2v) is 6.33. The lowest BCUT2D eigenvalue weighted by Gasteiger charge is -2.21. The number of benzene rings is 2. The third-order valence-electron chi connectivity index (χ3n) is 4.00. The molecule has 0 saturated carbocycles. The summed E-state index contributed by atoms with van der Waals surface area (Å²) in [6.07, 6.45) is 0.0956. The fourth-order valence-corrected chi connectivity index (χ4v) is 2.65. The van der Waals surface area contributed by atoms with Crippen LogP contribution in [-0.2, 0) is 14.4 Å². The smallest absolute Gasteiger partial charge is 0.226 e. The number of ketones is 1. The highest BCUT2D eigenvalue weighted by Crippen LogP contribution is 2.20. The summed E-state index contributed by atoms with van der Waals surface area (Å²) in [6, 6.07) is 13.5. The van der Waals surface area contributed by atoms with Gasteiger partial charge in [-0.25, -0.2) is 0 Å². The fourth-order valence-electron chi connectivity index (χ4n) is 2.65. The standard InChI is InChI=1S/C21H23N3O4/c1-14(25)17-7-9-18(10-8-17)23-21(28)11-12-24(16(3)27)20-6-4-5-19(13-20)22-15(2)26/h4-10,13H,11-12H2,1-3H3,(H,22,26)(H,23,28). The molecule has 0 spiro atoms. The van der Waals surface area contributed by atoms with E-state index in [4.69, 9.17) is 0 Å². The van der Waals surface area contributed by atoms with Gasteiger partial charge in [0.05, 0.1) is 0 Å². The molecule has 7 nitrogen and oxygen atoms in total. The Balaban J connectivity index is 2.01. The summed E-state index contributed by atoms with van der Waals surface area (Å²) in [5, 5.41) is 5.41. The number of nitrogens with one attached hydrogen (secondary N) is 2. The minimum absolute atomic E-state index is 0.0449. The van der Waals surface area contributed by atoms with Gasteiger partial charge in [0.2, 0.25) is 17.7 Å². The van der Waals surface area contributed by atoms with E-state index >= 15 is 0 Å². The molecule has 0 unspecified atom stereocenters. The average molecular weight is 381 g/mol. The highest BCUT2D eigenvalue weighted by molar-refractivity contribution is 5.97. The van der Waals surface area contributed by atoms with E-state index < -0.39 is 0 Å². The van der Waals surface area contributed by atoms with Crippen molar-refractivity contribution in [3.63, 3.8) is 0 Å². The number of amides is 3. The normalized spacial score (nSPS) is 10.1. The van der Waals surface area contributed by atoms with E-state index in [2.05, 4.69) is 10.6 Å². The van der Waals surface area contributed by atoms with Crippen molar-refractivity contribution in [1.82, 2.24) is 0 Å². The number of Topliss-reactive ketones (excluding diaryl/α,β-unsaturated/α-hetero) is 1. The van der Waals surface area contributed by atoms with Gasteiger partial charge in [-0.3, -0.25) is 19.2 Å². The molecule has 0 radical (unpaired) electrons. The topological polar surface area (TPSA) is 95.6 Å². The van der Waals surface area contributed by atoms with Gasteiger partial charge in [-0.1, -0.05) is 6.07 Å². The van der Waals surface area contributed by atoms with Crippen LogP contribution in [0, 0.1) is 0 Å². The highest BCUT2D eigenvalue weighted by atomic mass is 16.2. The lowest BCUT2D eigenvalue weighted by molar-refractivity contribution is -0.117. The Bertz CT molecular complexity index is 891. The van der Waals surface area contributed by atoms with Crippen LogP contribution in [0.5, 0.6) is 0 Å². The molecule has 0 heterocycles. The molecule has 0 aliphatic carbocycles. The van der Waals surface area contributed by atoms with E-state index in [1.165, 1.54) is 25.7 Å². The zero-order chi connectivity index (χ0) is 20.7. The third-order valence-corrected chi connectivity index (χ3v) is 4.00. The summed E-state index contributed by atoms with van der Waals surface area (Å²) in [5.41, 5.74) is 2.32. The largest absolute Gasteiger partial charge is 0.326 e. The third kappa shape index (κ3) is 6.05. The lowest BCUT2D eigenvalue weighted by atomic mass is 10.1. The van der Waals surface area contributed by atoms with Crippen molar-refractivity contribution in [2.24, 2.45) is 0 Å². The highest BCUT2D eigenvalue weighted by Gasteiger charge is 2.14. The Labute approximate surface area is 163 Å². The minimum atomic E-state index is -0.250. The molecule has 2 aromatic rings. The summed E-state index contributed by atoms with van der Waals surface area (Å²) in [4.78, 5) is 48.2. The van der Waals surface area contributed by atoms with Crippen molar-refractivity contribution in [3.05, 3.63) is 54.1 Å². The van der Waals surface area contributed by atoms with Crippen LogP contribution in [0.25, 0.3) is 0 Å². The molecule has 0 fully saturated rings. The molecule has 0 saturated heterocycles. The van der Waals surface area contributed by atoms with Gasteiger partial charge in [-0.2, -0.15) is 0 Å². The van der Waals surface area contributed by atoms with Crippen molar-refractivity contribution in [1.29, 1.82) is 0 Å². The monoisotopic (exact) mass is 381 g/mol. The van der Waals surface area contributed by atoms with E-state index in [-0.39, 0.29) is 36.5 Å². The predicted molar refractivity (Wildman–Crippen MR) is 108 cm³/mol. The molecule has 0 atom stereocenters. The SMILES string of the molecule is CC(=O)Nc1cccc(N(CCC(=O)Nc2ccc(C(C)=O)cc2)C(C)=O)c1. The van der Waals surface area contributed by atoms with Gasteiger partial charge in [-0.05, 0) is 49.4 Å². The van der Waals surface area contributed by atoms with Crippen molar-refractivity contribution in [2.45, 2.75) is 27.2 Å². The van der Waals surface area contributed by atoms with E-state index in [1.807, 2.05) is 0 Å². The number of rotatable bonds is 7. The van der Waals surface area contributed by atoms with Crippen molar-refractivity contribution in [3.8, 4) is 0 Å². The minimum Gasteiger partial charge on any atom is -0.326 e. The van der Waals surface area contributed by atoms with E-state index in [0.29, 0.717) is 22.6 Å². The molecule has 2 N–H and O–H groups in total. The van der Waals surface area contributed by atoms with E-state index in [1.54, 1.807) is 48.5 Å². The molecular weight excluding hydrogens is 358 g/mol. The number of carbonyl (C=O) groups excluding carboxylic acids is 4. The molecule has 0 aliphatic rings. The van der Waals surface area contributed by atoms with Gasteiger partial charge in [0.1, 0.15) is 0 Å². The Kier molecular flexibility index (Phi) is 7.03. The number of hydrogen-bond acceptors (Lipinski definition) is 4. The summed E-state index contributed by atoms with van der Waals surface area (Å²) in [7, 11) is 0. The van der Waals surface area contributed by atoms with Crippen LogP contribution in [0.4, 0.5) is 17.1 Å². The average Bonchev–Trinajstić information content (AvgIpc) is 2.61. The summed E-state index contributed by atoms with van der Waals surface area (Å²) in [6.45, 7) is 4.49. The molecule has 0 aliphatic heterocycles. The van der Waals surface area contributed by atoms with Crippen LogP contribution in [0.1, 0.15) is 37.6 Å². The Hall–Kier alpha value is -3.48. The first kappa shape index (κ1) is 20.8. The van der Waals surface area contributed by atoms with Gasteiger partial charge in [-0.15, -0.1) is 0 Å². The van der Waals surface area contributed by atoms with E-state index in [0.717, 1.165) is 0 Å². The molecule has 28 heavy (non-hydrogen) atoms. The van der Waals surface area contributed by atoms with Crippen molar-refractivity contribution < 1.29 is 19.2 Å². The molecule has 2 aromatic carbocycles. The zero-order valence-corrected chi connectivity index (χ0v) is 16.1. The molecule has 0 aromatic heterocycles. The predicted octanol–water partition coefficient (Wildman–Crippen LogP) is 3.23.